The van der Waals surface area contributed by atoms with Crippen LogP contribution >= 0.6 is 11.3 Å². The lowest BCUT2D eigenvalue weighted by atomic mass is 10.2. The van der Waals surface area contributed by atoms with Gasteiger partial charge in [0, 0.05) is 23.5 Å². The van der Waals surface area contributed by atoms with Crippen molar-refractivity contribution < 1.29 is 0 Å². The van der Waals surface area contributed by atoms with E-state index in [-0.39, 0.29) is 11.6 Å². The number of rotatable bonds is 3. The molecule has 0 aliphatic carbocycles. The van der Waals surface area contributed by atoms with Crippen molar-refractivity contribution in [2.75, 3.05) is 0 Å². The molecular formula is C14H13N3OS. The van der Waals surface area contributed by atoms with Crippen LogP contribution in [0.2, 0.25) is 0 Å². The lowest BCUT2D eigenvalue weighted by Gasteiger charge is -2.14. The van der Waals surface area contributed by atoms with E-state index in [1.807, 2.05) is 18.4 Å². The minimum Gasteiger partial charge on any atom is -0.295 e. The topological polar surface area (TPSA) is 47.8 Å². The average Bonchev–Trinajstić information content (AvgIpc) is 2.92. The quantitative estimate of drug-likeness (QED) is 0.735. The van der Waals surface area contributed by atoms with Gasteiger partial charge in [0.05, 0.1) is 5.39 Å². The van der Waals surface area contributed by atoms with Crippen LogP contribution in [0.1, 0.15) is 17.8 Å². The van der Waals surface area contributed by atoms with Crippen molar-refractivity contribution in [1.29, 1.82) is 0 Å². The summed E-state index contributed by atoms with van der Waals surface area (Å²) >= 11 is 1.71. The lowest BCUT2D eigenvalue weighted by Crippen LogP contribution is -2.25. The molecule has 0 bridgehead atoms. The van der Waals surface area contributed by atoms with E-state index in [9.17, 15) is 4.79 Å². The molecule has 0 N–H and O–H groups in total. The summed E-state index contributed by atoms with van der Waals surface area (Å²) in [5.41, 5.74) is 0.481. The van der Waals surface area contributed by atoms with Gasteiger partial charge < -0.3 is 0 Å². The summed E-state index contributed by atoms with van der Waals surface area (Å²) < 4.78 is 1.68. The van der Waals surface area contributed by atoms with Crippen molar-refractivity contribution in [3.05, 3.63) is 57.4 Å². The normalized spacial score (nSPS) is 12.7. The Morgan fingerprint density at radius 3 is 3.00 bits per heavy atom. The molecule has 3 rings (SSSR count). The predicted octanol–water partition coefficient (Wildman–Crippen LogP) is 2.66. The minimum atomic E-state index is -0.0258. The van der Waals surface area contributed by atoms with Crippen LogP contribution in [0.4, 0.5) is 0 Å². The Morgan fingerprint density at radius 1 is 1.32 bits per heavy atom. The molecule has 1 atom stereocenters. The van der Waals surface area contributed by atoms with Crippen molar-refractivity contribution in [3.63, 3.8) is 0 Å². The highest BCUT2D eigenvalue weighted by atomic mass is 32.1. The molecule has 3 aromatic rings. The summed E-state index contributed by atoms with van der Waals surface area (Å²) in [6.07, 6.45) is 4.08. The van der Waals surface area contributed by atoms with Crippen LogP contribution < -0.4 is 5.56 Å². The number of pyridine rings is 1. The molecule has 0 saturated carbocycles. The minimum absolute atomic E-state index is 0.0258. The molecule has 0 unspecified atom stereocenters. The Bertz CT molecular complexity index is 749. The van der Waals surface area contributed by atoms with Gasteiger partial charge in [0.2, 0.25) is 0 Å². The molecule has 96 valence electrons. The van der Waals surface area contributed by atoms with Crippen molar-refractivity contribution in [1.82, 2.24) is 14.5 Å². The monoisotopic (exact) mass is 271 g/mol. The first-order chi connectivity index (χ1) is 9.25. The molecule has 0 amide bonds. The zero-order chi connectivity index (χ0) is 13.2. The first-order valence-electron chi connectivity index (χ1n) is 6.10. The molecule has 0 radical (unpaired) electrons. The number of hydrogen-bond acceptors (Lipinski definition) is 4. The van der Waals surface area contributed by atoms with Crippen molar-refractivity contribution in [3.8, 4) is 0 Å². The van der Waals surface area contributed by atoms with Crippen LogP contribution in [0.3, 0.4) is 0 Å². The van der Waals surface area contributed by atoms with E-state index in [1.165, 1.54) is 4.88 Å². The number of hydrogen-bond donors (Lipinski definition) is 0. The maximum Gasteiger partial charge on any atom is 0.263 e. The largest absolute Gasteiger partial charge is 0.295 e. The zero-order valence-corrected chi connectivity index (χ0v) is 11.3. The summed E-state index contributed by atoms with van der Waals surface area (Å²) in [5, 5.41) is 2.62. The third-order valence-electron chi connectivity index (χ3n) is 3.11. The Labute approximate surface area is 114 Å². The molecule has 19 heavy (non-hydrogen) atoms. The van der Waals surface area contributed by atoms with Gasteiger partial charge in [0.25, 0.3) is 5.56 Å². The Balaban J connectivity index is 2.01. The molecule has 0 aliphatic rings. The van der Waals surface area contributed by atoms with E-state index >= 15 is 0 Å². The SMILES string of the molecule is C[C@H](Cc1cccs1)n1cnc2ncccc2c1=O. The van der Waals surface area contributed by atoms with E-state index < -0.39 is 0 Å². The van der Waals surface area contributed by atoms with Gasteiger partial charge in [-0.25, -0.2) is 9.97 Å². The fourth-order valence-corrected chi connectivity index (χ4v) is 2.93. The second-order valence-corrected chi connectivity index (χ2v) is 5.50. The van der Waals surface area contributed by atoms with Crippen molar-refractivity contribution in [2.24, 2.45) is 0 Å². The molecular weight excluding hydrogens is 258 g/mol. The Hall–Kier alpha value is -2.01. The summed E-state index contributed by atoms with van der Waals surface area (Å²) in [4.78, 5) is 22.0. The third-order valence-corrected chi connectivity index (χ3v) is 4.01. The number of fused-ring (bicyclic) bond motifs is 1. The van der Waals surface area contributed by atoms with Gasteiger partial charge in [-0.1, -0.05) is 6.07 Å². The number of aromatic nitrogens is 3. The van der Waals surface area contributed by atoms with Gasteiger partial charge in [-0.15, -0.1) is 11.3 Å². The molecule has 4 nitrogen and oxygen atoms in total. The van der Waals surface area contributed by atoms with E-state index in [0.717, 1.165) is 6.42 Å². The number of nitrogens with zero attached hydrogens (tertiary/aromatic N) is 3. The summed E-state index contributed by atoms with van der Waals surface area (Å²) in [5.74, 6) is 0. The van der Waals surface area contributed by atoms with E-state index in [0.29, 0.717) is 11.0 Å². The number of thiophene rings is 1. The lowest BCUT2D eigenvalue weighted by molar-refractivity contribution is 0.526. The van der Waals surface area contributed by atoms with Gasteiger partial charge in [-0.3, -0.25) is 9.36 Å². The van der Waals surface area contributed by atoms with Crippen molar-refractivity contribution in [2.45, 2.75) is 19.4 Å². The third kappa shape index (κ3) is 2.29. The fourth-order valence-electron chi connectivity index (χ4n) is 2.11. The summed E-state index contributed by atoms with van der Waals surface area (Å²) in [7, 11) is 0. The second kappa shape index (κ2) is 4.93. The first kappa shape index (κ1) is 12.0. The maximum atomic E-state index is 12.4. The molecule has 0 spiro atoms. The molecule has 0 fully saturated rings. The highest BCUT2D eigenvalue weighted by molar-refractivity contribution is 7.09. The van der Waals surface area contributed by atoms with Gasteiger partial charge in [0.15, 0.2) is 5.65 Å². The molecule has 0 aromatic carbocycles. The van der Waals surface area contributed by atoms with Crippen LogP contribution in [-0.2, 0) is 6.42 Å². The zero-order valence-electron chi connectivity index (χ0n) is 10.5. The summed E-state index contributed by atoms with van der Waals surface area (Å²) in [6, 6.07) is 7.73. The molecule has 3 heterocycles. The van der Waals surface area contributed by atoms with E-state index in [1.54, 1.807) is 40.6 Å². The van der Waals surface area contributed by atoms with Crippen LogP contribution in [0.15, 0.2) is 47.0 Å². The maximum absolute atomic E-state index is 12.4. The highest BCUT2D eigenvalue weighted by Gasteiger charge is 2.11. The molecule has 5 heteroatoms. The molecule has 3 aromatic heterocycles. The van der Waals surface area contributed by atoms with E-state index in [2.05, 4.69) is 16.0 Å². The van der Waals surface area contributed by atoms with Gasteiger partial charge in [-0.2, -0.15) is 0 Å². The predicted molar refractivity (Wildman–Crippen MR) is 76.5 cm³/mol. The molecule has 0 aliphatic heterocycles. The average molecular weight is 271 g/mol. The van der Waals surface area contributed by atoms with E-state index in [4.69, 9.17) is 0 Å². The highest BCUT2D eigenvalue weighted by Crippen LogP contribution is 2.17. The molecule has 0 saturated heterocycles. The van der Waals surface area contributed by atoms with Crippen LogP contribution in [0.25, 0.3) is 11.0 Å². The fraction of sp³-hybridized carbons (Fsp3) is 0.214. The van der Waals surface area contributed by atoms with Crippen LogP contribution in [0, 0.1) is 0 Å². The first-order valence-corrected chi connectivity index (χ1v) is 6.98. The van der Waals surface area contributed by atoms with Gasteiger partial charge in [0.1, 0.15) is 6.33 Å². The Morgan fingerprint density at radius 2 is 2.21 bits per heavy atom. The Kier molecular flexibility index (Phi) is 3.13. The van der Waals surface area contributed by atoms with Crippen molar-refractivity contribution >= 4 is 22.4 Å². The van der Waals surface area contributed by atoms with Gasteiger partial charge in [-0.05, 0) is 30.5 Å². The van der Waals surface area contributed by atoms with Crippen LogP contribution in [0.5, 0.6) is 0 Å². The summed E-state index contributed by atoms with van der Waals surface area (Å²) in [6.45, 7) is 2.03. The smallest absolute Gasteiger partial charge is 0.263 e. The van der Waals surface area contributed by atoms with Gasteiger partial charge >= 0.3 is 0 Å². The standard InChI is InChI=1S/C14H13N3OS/c1-10(8-11-4-3-7-19-11)17-9-16-13-12(14(17)18)5-2-6-15-13/h2-7,9-10H,8H2,1H3/t10-/m1/s1. The second-order valence-electron chi connectivity index (χ2n) is 4.46. The van der Waals surface area contributed by atoms with Crippen LogP contribution in [-0.4, -0.2) is 14.5 Å².